The molecule has 19 heavy (non-hydrogen) atoms. The lowest BCUT2D eigenvalue weighted by molar-refractivity contribution is -0.385. The summed E-state index contributed by atoms with van der Waals surface area (Å²) in [5.41, 5.74) is -0.857. The third kappa shape index (κ3) is 4.15. The third-order valence-electron chi connectivity index (χ3n) is 2.41. The van der Waals surface area contributed by atoms with Gasteiger partial charge in [-0.25, -0.2) is 0 Å². The number of carbonyl (C=O) groups is 1. The summed E-state index contributed by atoms with van der Waals surface area (Å²) >= 11 is 12.3. The van der Waals surface area contributed by atoms with Crippen LogP contribution in [0.3, 0.4) is 0 Å². The number of nitro groups is 1. The van der Waals surface area contributed by atoms with Gasteiger partial charge in [-0.15, -0.1) is 0 Å². The minimum absolute atomic E-state index is 0.0116. The predicted octanol–water partition coefficient (Wildman–Crippen LogP) is 3.53. The van der Waals surface area contributed by atoms with Gasteiger partial charge in [-0.05, 0) is 19.1 Å². The molecule has 0 unspecified atom stereocenters. The second-order valence-corrected chi connectivity index (χ2v) is 5.76. The lowest BCUT2D eigenvalue weighted by Crippen LogP contribution is -2.49. The molecule has 1 rings (SSSR count). The second kappa shape index (κ2) is 6.67. The van der Waals surface area contributed by atoms with E-state index in [0.29, 0.717) is 10.7 Å². The van der Waals surface area contributed by atoms with Crippen molar-refractivity contribution in [2.75, 3.05) is 10.7 Å². The highest BCUT2D eigenvalue weighted by Crippen LogP contribution is 2.24. The molecule has 0 atom stereocenters. The Hall–Kier alpha value is -0.660. The van der Waals surface area contributed by atoms with E-state index in [1.165, 1.54) is 12.1 Å². The molecule has 0 aliphatic heterocycles. The van der Waals surface area contributed by atoms with Crippen molar-refractivity contribution in [1.82, 2.24) is 5.32 Å². The van der Waals surface area contributed by atoms with Gasteiger partial charge in [-0.2, -0.15) is 0 Å². The minimum atomic E-state index is -0.625. The lowest BCUT2D eigenvalue weighted by atomic mass is 10.1. The Morgan fingerprint density at radius 2 is 2.05 bits per heavy atom. The molecular formula is C11H11Br2ClN2O3. The standard InChI is InChI=1S/C11H11Br2ClN2O3/c1-11(5-12,6-13)15-10(17)8-3-2-7(14)4-9(8)16(18)19/h2-4H,5-6H2,1H3,(H,15,17). The number of alkyl halides is 2. The zero-order valence-electron chi connectivity index (χ0n) is 9.95. The van der Waals surface area contributed by atoms with Crippen molar-refractivity contribution >= 4 is 55.1 Å². The maximum Gasteiger partial charge on any atom is 0.283 e. The molecule has 0 heterocycles. The molecule has 0 aromatic heterocycles. The number of nitro benzene ring substituents is 1. The summed E-state index contributed by atoms with van der Waals surface area (Å²) in [5, 5.41) is 14.9. The van der Waals surface area contributed by atoms with Gasteiger partial charge in [0, 0.05) is 21.7 Å². The summed E-state index contributed by atoms with van der Waals surface area (Å²) in [5.74, 6) is -0.509. The summed E-state index contributed by atoms with van der Waals surface area (Å²) in [7, 11) is 0. The minimum Gasteiger partial charge on any atom is -0.345 e. The number of hydrogen-bond donors (Lipinski definition) is 1. The van der Waals surface area contributed by atoms with E-state index in [4.69, 9.17) is 11.6 Å². The molecule has 0 aliphatic rings. The van der Waals surface area contributed by atoms with Gasteiger partial charge in [0.1, 0.15) is 5.56 Å². The summed E-state index contributed by atoms with van der Waals surface area (Å²) in [4.78, 5) is 22.4. The predicted molar refractivity (Wildman–Crippen MR) is 81.6 cm³/mol. The summed E-state index contributed by atoms with van der Waals surface area (Å²) in [6.45, 7) is 1.82. The number of nitrogens with zero attached hydrogens (tertiary/aromatic N) is 1. The summed E-state index contributed by atoms with van der Waals surface area (Å²) in [6.07, 6.45) is 0. The first-order valence-corrected chi connectivity index (χ1v) is 7.83. The maximum absolute atomic E-state index is 12.1. The molecule has 1 aromatic carbocycles. The first-order chi connectivity index (χ1) is 8.83. The molecule has 5 nitrogen and oxygen atoms in total. The van der Waals surface area contributed by atoms with Gasteiger partial charge in [-0.1, -0.05) is 43.5 Å². The van der Waals surface area contributed by atoms with Crippen molar-refractivity contribution in [3.63, 3.8) is 0 Å². The van der Waals surface area contributed by atoms with Crippen molar-refractivity contribution in [3.8, 4) is 0 Å². The van der Waals surface area contributed by atoms with E-state index in [2.05, 4.69) is 37.2 Å². The average Bonchev–Trinajstić information content (AvgIpc) is 2.38. The van der Waals surface area contributed by atoms with Crippen LogP contribution in [0.1, 0.15) is 17.3 Å². The molecule has 0 aliphatic carbocycles. The molecule has 0 saturated carbocycles. The van der Waals surface area contributed by atoms with E-state index >= 15 is 0 Å². The topological polar surface area (TPSA) is 72.2 Å². The quantitative estimate of drug-likeness (QED) is 0.455. The average molecular weight is 414 g/mol. The van der Waals surface area contributed by atoms with Gasteiger partial charge < -0.3 is 5.32 Å². The number of nitrogens with one attached hydrogen (secondary N) is 1. The van der Waals surface area contributed by atoms with E-state index in [9.17, 15) is 14.9 Å². The van der Waals surface area contributed by atoms with Gasteiger partial charge in [0.05, 0.1) is 10.5 Å². The molecule has 0 bridgehead atoms. The van der Waals surface area contributed by atoms with Crippen molar-refractivity contribution in [2.45, 2.75) is 12.5 Å². The van der Waals surface area contributed by atoms with Crippen molar-refractivity contribution < 1.29 is 9.72 Å². The Balaban J connectivity index is 3.10. The van der Waals surface area contributed by atoms with Crippen LogP contribution in [-0.4, -0.2) is 27.0 Å². The van der Waals surface area contributed by atoms with E-state index in [0.717, 1.165) is 6.07 Å². The van der Waals surface area contributed by atoms with E-state index in [1.54, 1.807) is 0 Å². The van der Waals surface area contributed by atoms with Gasteiger partial charge >= 0.3 is 0 Å². The van der Waals surface area contributed by atoms with Crippen LogP contribution < -0.4 is 5.32 Å². The molecule has 1 amide bonds. The Kier molecular flexibility index (Phi) is 5.76. The van der Waals surface area contributed by atoms with Gasteiger partial charge in [0.25, 0.3) is 11.6 Å². The maximum atomic E-state index is 12.1. The monoisotopic (exact) mass is 412 g/mol. The van der Waals surface area contributed by atoms with Crippen LogP contribution in [0.25, 0.3) is 0 Å². The number of benzene rings is 1. The highest BCUT2D eigenvalue weighted by atomic mass is 79.9. The lowest BCUT2D eigenvalue weighted by Gasteiger charge is -2.26. The first-order valence-electron chi connectivity index (χ1n) is 5.21. The van der Waals surface area contributed by atoms with Crippen LogP contribution in [0.2, 0.25) is 5.02 Å². The van der Waals surface area contributed by atoms with Crippen LogP contribution in [0.5, 0.6) is 0 Å². The van der Waals surface area contributed by atoms with E-state index in [1.807, 2.05) is 6.92 Å². The molecular weight excluding hydrogens is 403 g/mol. The van der Waals surface area contributed by atoms with Crippen LogP contribution in [0, 0.1) is 10.1 Å². The largest absolute Gasteiger partial charge is 0.345 e. The smallest absolute Gasteiger partial charge is 0.283 e. The molecule has 8 heteroatoms. The van der Waals surface area contributed by atoms with Crippen LogP contribution >= 0.6 is 43.5 Å². The number of carbonyl (C=O) groups excluding carboxylic acids is 1. The molecule has 0 radical (unpaired) electrons. The normalized spacial score (nSPS) is 11.2. The summed E-state index contributed by atoms with van der Waals surface area (Å²) in [6, 6.07) is 3.96. The SMILES string of the molecule is CC(CBr)(CBr)NC(=O)c1ccc(Cl)cc1[N+](=O)[O-]. The summed E-state index contributed by atoms with van der Waals surface area (Å²) < 4.78 is 0. The highest BCUT2D eigenvalue weighted by molar-refractivity contribution is 9.09. The number of amides is 1. The fraction of sp³-hybridized carbons (Fsp3) is 0.364. The fourth-order valence-corrected chi connectivity index (χ4v) is 2.67. The number of rotatable bonds is 5. The number of halogens is 3. The Morgan fingerprint density at radius 3 is 2.53 bits per heavy atom. The number of hydrogen-bond acceptors (Lipinski definition) is 3. The molecule has 0 spiro atoms. The fourth-order valence-electron chi connectivity index (χ4n) is 1.29. The van der Waals surface area contributed by atoms with Crippen LogP contribution in [-0.2, 0) is 0 Å². The first kappa shape index (κ1) is 16.4. The zero-order valence-corrected chi connectivity index (χ0v) is 13.9. The van der Waals surface area contributed by atoms with E-state index < -0.39 is 16.4 Å². The molecule has 1 N–H and O–H groups in total. The van der Waals surface area contributed by atoms with Gasteiger partial charge in [0.15, 0.2) is 0 Å². The molecule has 0 fully saturated rings. The second-order valence-electron chi connectivity index (χ2n) is 4.20. The Bertz CT molecular complexity index is 507. The molecule has 0 saturated heterocycles. The molecule has 1 aromatic rings. The zero-order chi connectivity index (χ0) is 14.6. The highest BCUT2D eigenvalue weighted by Gasteiger charge is 2.28. The van der Waals surface area contributed by atoms with Crippen molar-refractivity contribution in [3.05, 3.63) is 38.9 Å². The van der Waals surface area contributed by atoms with Crippen molar-refractivity contribution in [1.29, 1.82) is 0 Å². The third-order valence-corrected chi connectivity index (χ3v) is 5.12. The van der Waals surface area contributed by atoms with Crippen LogP contribution in [0.15, 0.2) is 18.2 Å². The van der Waals surface area contributed by atoms with E-state index in [-0.39, 0.29) is 16.3 Å². The van der Waals surface area contributed by atoms with Gasteiger partial charge in [-0.3, -0.25) is 14.9 Å². The Labute approximate surface area is 132 Å². The van der Waals surface area contributed by atoms with Gasteiger partial charge in [0.2, 0.25) is 0 Å². The van der Waals surface area contributed by atoms with Crippen LogP contribution in [0.4, 0.5) is 5.69 Å². The molecule has 104 valence electrons. The Morgan fingerprint density at radius 1 is 1.47 bits per heavy atom. The van der Waals surface area contributed by atoms with Crippen molar-refractivity contribution in [2.24, 2.45) is 0 Å².